The van der Waals surface area contributed by atoms with E-state index >= 15 is 0 Å². The summed E-state index contributed by atoms with van der Waals surface area (Å²) < 4.78 is 5.71. The molecule has 0 saturated heterocycles. The molecule has 3 rings (SSSR count). The van der Waals surface area contributed by atoms with Gasteiger partial charge in [-0.15, -0.1) is 0 Å². The van der Waals surface area contributed by atoms with E-state index in [1.54, 1.807) is 12.1 Å². The Labute approximate surface area is 145 Å². The highest BCUT2D eigenvalue weighted by atomic mass is 16.6. The lowest BCUT2D eigenvalue weighted by atomic mass is 10.0. The molecule has 2 N–H and O–H groups in total. The van der Waals surface area contributed by atoms with Crippen LogP contribution in [0.25, 0.3) is 0 Å². The molecule has 130 valence electrons. The summed E-state index contributed by atoms with van der Waals surface area (Å²) in [6.45, 7) is 0.355. The van der Waals surface area contributed by atoms with E-state index in [4.69, 9.17) is 4.74 Å². The first kappa shape index (κ1) is 17.0. The zero-order chi connectivity index (χ0) is 17.6. The van der Waals surface area contributed by atoms with Crippen molar-refractivity contribution in [2.45, 2.75) is 31.6 Å². The number of nitrogens with one attached hydrogen (secondary N) is 1. The normalized spacial score (nSPS) is 19.4. The number of nitro groups is 1. The maximum atomic E-state index is 10.6. The number of rotatable bonds is 6. The lowest BCUT2D eigenvalue weighted by Crippen LogP contribution is -2.23. The minimum atomic E-state index is -0.418. The van der Waals surface area contributed by atoms with Crippen molar-refractivity contribution in [2.24, 2.45) is 0 Å². The predicted molar refractivity (Wildman–Crippen MR) is 95.7 cm³/mol. The third-order valence-corrected chi connectivity index (χ3v) is 4.10. The van der Waals surface area contributed by atoms with Gasteiger partial charge in [-0.2, -0.15) is 0 Å². The standard InChI is InChI=1S/C19H20N2O4/c22-18-9-3-15(4-10-18)20-16-5-11-19(12-6-16)25-13-14-1-7-17(8-2-14)21(23)24/h1-3,5-9,11-12,15,18,20,22H,4,10,13H2/t15-,18+/m1/s1. The third-order valence-electron chi connectivity index (χ3n) is 4.10. The predicted octanol–water partition coefficient (Wildman–Crippen LogP) is 3.67. The number of ether oxygens (including phenoxy) is 1. The van der Waals surface area contributed by atoms with Gasteiger partial charge in [-0.1, -0.05) is 12.2 Å². The summed E-state index contributed by atoms with van der Waals surface area (Å²) in [6.07, 6.45) is 5.16. The molecule has 0 aliphatic heterocycles. The van der Waals surface area contributed by atoms with E-state index in [1.807, 2.05) is 36.4 Å². The molecular formula is C19H20N2O4. The SMILES string of the molecule is O=[N+]([O-])c1ccc(COc2ccc(N[C@@H]3C=C[C@H](O)CC3)cc2)cc1. The summed E-state index contributed by atoms with van der Waals surface area (Å²) >= 11 is 0. The first-order valence-electron chi connectivity index (χ1n) is 8.19. The Kier molecular flexibility index (Phi) is 5.30. The van der Waals surface area contributed by atoms with Crippen LogP contribution < -0.4 is 10.1 Å². The molecular weight excluding hydrogens is 320 g/mol. The van der Waals surface area contributed by atoms with Crippen LogP contribution in [0.1, 0.15) is 18.4 Å². The van der Waals surface area contributed by atoms with Crippen LogP contribution in [0.3, 0.4) is 0 Å². The van der Waals surface area contributed by atoms with Crippen LogP contribution in [0.5, 0.6) is 5.75 Å². The van der Waals surface area contributed by atoms with Gasteiger partial charge in [0.15, 0.2) is 0 Å². The summed E-state index contributed by atoms with van der Waals surface area (Å²) in [6, 6.07) is 14.2. The van der Waals surface area contributed by atoms with Crippen LogP contribution in [-0.2, 0) is 6.61 Å². The Morgan fingerprint density at radius 2 is 1.80 bits per heavy atom. The average Bonchev–Trinajstić information content (AvgIpc) is 2.63. The van der Waals surface area contributed by atoms with Crippen molar-refractivity contribution >= 4 is 11.4 Å². The summed E-state index contributed by atoms with van der Waals surface area (Å²) in [5.74, 6) is 0.735. The van der Waals surface area contributed by atoms with E-state index < -0.39 is 4.92 Å². The molecule has 6 heteroatoms. The summed E-state index contributed by atoms with van der Waals surface area (Å²) in [5.41, 5.74) is 1.94. The molecule has 0 bridgehead atoms. The first-order chi connectivity index (χ1) is 12.1. The van der Waals surface area contributed by atoms with Gasteiger partial charge in [0.25, 0.3) is 5.69 Å². The topological polar surface area (TPSA) is 84.6 Å². The summed E-state index contributed by atoms with van der Waals surface area (Å²) in [7, 11) is 0. The molecule has 0 unspecified atom stereocenters. The maximum Gasteiger partial charge on any atom is 0.269 e. The second-order valence-corrected chi connectivity index (χ2v) is 6.02. The number of aliphatic hydroxyl groups excluding tert-OH is 1. The molecule has 0 spiro atoms. The lowest BCUT2D eigenvalue weighted by Gasteiger charge is -2.21. The number of hydrogen-bond acceptors (Lipinski definition) is 5. The van der Waals surface area contributed by atoms with Gasteiger partial charge < -0.3 is 15.2 Å². The van der Waals surface area contributed by atoms with Gasteiger partial charge in [0.05, 0.1) is 11.0 Å². The van der Waals surface area contributed by atoms with Gasteiger partial charge in [-0.3, -0.25) is 10.1 Å². The Morgan fingerprint density at radius 3 is 2.40 bits per heavy atom. The Balaban J connectivity index is 1.52. The number of non-ortho nitro benzene ring substituents is 1. The second-order valence-electron chi connectivity index (χ2n) is 6.02. The number of hydrogen-bond donors (Lipinski definition) is 2. The van der Waals surface area contributed by atoms with Crippen LogP contribution >= 0.6 is 0 Å². The van der Waals surface area contributed by atoms with E-state index in [0.29, 0.717) is 6.61 Å². The van der Waals surface area contributed by atoms with Gasteiger partial charge in [0.1, 0.15) is 12.4 Å². The molecule has 0 heterocycles. The van der Waals surface area contributed by atoms with Gasteiger partial charge in [-0.05, 0) is 54.8 Å². The van der Waals surface area contributed by atoms with Gasteiger partial charge in [0, 0.05) is 23.9 Å². The molecule has 2 aromatic carbocycles. The number of nitro benzene ring substituents is 1. The molecule has 2 atom stereocenters. The van der Waals surface area contributed by atoms with Crippen molar-refractivity contribution in [3.63, 3.8) is 0 Å². The maximum absolute atomic E-state index is 10.6. The quantitative estimate of drug-likeness (QED) is 0.476. The second kappa shape index (κ2) is 7.81. The van der Waals surface area contributed by atoms with E-state index in [9.17, 15) is 15.2 Å². The van der Waals surface area contributed by atoms with E-state index in [0.717, 1.165) is 29.8 Å². The molecule has 2 aromatic rings. The highest BCUT2D eigenvalue weighted by Gasteiger charge is 2.13. The van der Waals surface area contributed by atoms with Crippen LogP contribution in [0.15, 0.2) is 60.7 Å². The van der Waals surface area contributed by atoms with E-state index in [2.05, 4.69) is 5.32 Å². The highest BCUT2D eigenvalue weighted by Crippen LogP contribution is 2.21. The van der Waals surface area contributed by atoms with Crippen molar-refractivity contribution in [3.8, 4) is 5.75 Å². The number of nitrogens with zero attached hydrogens (tertiary/aromatic N) is 1. The Morgan fingerprint density at radius 1 is 1.08 bits per heavy atom. The van der Waals surface area contributed by atoms with Crippen molar-refractivity contribution < 1.29 is 14.8 Å². The molecule has 0 saturated carbocycles. The average molecular weight is 340 g/mol. The van der Waals surface area contributed by atoms with Crippen molar-refractivity contribution in [2.75, 3.05) is 5.32 Å². The van der Waals surface area contributed by atoms with Gasteiger partial charge in [0.2, 0.25) is 0 Å². The number of anilines is 1. The van der Waals surface area contributed by atoms with Crippen molar-refractivity contribution in [3.05, 3.63) is 76.4 Å². The fourth-order valence-corrected chi connectivity index (χ4v) is 2.67. The number of benzene rings is 2. The Hall–Kier alpha value is -2.86. The zero-order valence-electron chi connectivity index (χ0n) is 13.7. The van der Waals surface area contributed by atoms with Crippen molar-refractivity contribution in [1.29, 1.82) is 0 Å². The molecule has 1 aliphatic rings. The summed E-state index contributed by atoms with van der Waals surface area (Å²) in [5, 5.41) is 23.5. The molecule has 0 aromatic heterocycles. The monoisotopic (exact) mass is 340 g/mol. The van der Waals surface area contributed by atoms with Gasteiger partial charge >= 0.3 is 0 Å². The van der Waals surface area contributed by atoms with Crippen LogP contribution in [0.2, 0.25) is 0 Å². The van der Waals surface area contributed by atoms with E-state index in [1.165, 1.54) is 12.1 Å². The fraction of sp³-hybridized carbons (Fsp3) is 0.263. The summed E-state index contributed by atoms with van der Waals surface area (Å²) in [4.78, 5) is 10.2. The molecule has 25 heavy (non-hydrogen) atoms. The van der Waals surface area contributed by atoms with Crippen LogP contribution in [0.4, 0.5) is 11.4 Å². The first-order valence-corrected chi connectivity index (χ1v) is 8.19. The molecule has 0 fully saturated rings. The fourth-order valence-electron chi connectivity index (χ4n) is 2.67. The van der Waals surface area contributed by atoms with Gasteiger partial charge in [-0.25, -0.2) is 0 Å². The third kappa shape index (κ3) is 4.81. The largest absolute Gasteiger partial charge is 0.489 e. The molecule has 0 radical (unpaired) electrons. The smallest absolute Gasteiger partial charge is 0.269 e. The highest BCUT2D eigenvalue weighted by molar-refractivity contribution is 5.48. The van der Waals surface area contributed by atoms with E-state index in [-0.39, 0.29) is 17.8 Å². The minimum Gasteiger partial charge on any atom is -0.489 e. The minimum absolute atomic E-state index is 0.0726. The molecule has 1 aliphatic carbocycles. The van der Waals surface area contributed by atoms with Crippen molar-refractivity contribution in [1.82, 2.24) is 0 Å². The molecule has 0 amide bonds. The molecule has 6 nitrogen and oxygen atoms in total. The van der Waals surface area contributed by atoms with Crippen LogP contribution in [-0.4, -0.2) is 22.2 Å². The Bertz CT molecular complexity index is 741. The lowest BCUT2D eigenvalue weighted by molar-refractivity contribution is -0.384. The van der Waals surface area contributed by atoms with Crippen LogP contribution in [0, 0.1) is 10.1 Å². The zero-order valence-corrected chi connectivity index (χ0v) is 13.7. The number of aliphatic hydroxyl groups is 1.